The van der Waals surface area contributed by atoms with E-state index in [1.165, 1.54) is 20.1 Å². The minimum Gasteiger partial charge on any atom is -0.466 e. The molecule has 0 aliphatic rings. The monoisotopic (exact) mass is 244 g/mol. The molecule has 0 fully saturated rings. The van der Waals surface area contributed by atoms with Gasteiger partial charge in [0.05, 0.1) is 12.9 Å². The van der Waals surface area contributed by atoms with Gasteiger partial charge in [-0.05, 0) is 24.8 Å². The number of carbonyl (C=O) groups excluding carboxylic acids is 2. The Morgan fingerprint density at radius 2 is 1.76 bits per heavy atom. The Labute approximate surface area is 104 Å². The lowest BCUT2D eigenvalue weighted by Gasteiger charge is -2.02. The van der Waals surface area contributed by atoms with Crippen molar-refractivity contribution >= 4 is 11.9 Å². The van der Waals surface area contributed by atoms with E-state index < -0.39 is 0 Å². The molecule has 0 amide bonds. The summed E-state index contributed by atoms with van der Waals surface area (Å²) in [4.78, 5) is 20.2. The first-order valence-electron chi connectivity index (χ1n) is 5.85. The zero-order valence-electron chi connectivity index (χ0n) is 11.5. The molecule has 0 saturated heterocycles. The smallest absolute Gasteiger partial charge is 0.307 e. The Bertz CT molecular complexity index is 232. The molecular weight excluding hydrogens is 220 g/mol. The Balaban J connectivity index is 0. The zero-order chi connectivity index (χ0) is 13.7. The van der Waals surface area contributed by atoms with Gasteiger partial charge in [0.25, 0.3) is 0 Å². The fourth-order valence-corrected chi connectivity index (χ4v) is 0.679. The quantitative estimate of drug-likeness (QED) is 0.551. The fourth-order valence-electron chi connectivity index (χ4n) is 0.679. The van der Waals surface area contributed by atoms with E-state index in [4.69, 9.17) is 4.74 Å². The minimum absolute atomic E-state index is 0.185. The molecule has 0 bridgehead atoms. The summed E-state index contributed by atoms with van der Waals surface area (Å²) in [5.74, 6) is 0.162. The maximum atomic E-state index is 10.2. The molecule has 4 nitrogen and oxygen atoms in total. The van der Waals surface area contributed by atoms with Crippen LogP contribution in [0, 0.1) is 5.92 Å². The van der Waals surface area contributed by atoms with E-state index in [0.29, 0.717) is 12.5 Å². The van der Waals surface area contributed by atoms with E-state index >= 15 is 0 Å². The first kappa shape index (κ1) is 18.1. The van der Waals surface area contributed by atoms with Crippen molar-refractivity contribution < 1.29 is 19.1 Å². The van der Waals surface area contributed by atoms with Gasteiger partial charge in [-0.15, -0.1) is 0 Å². The van der Waals surface area contributed by atoms with Crippen LogP contribution in [-0.4, -0.2) is 18.5 Å². The van der Waals surface area contributed by atoms with Crippen molar-refractivity contribution in [1.82, 2.24) is 0 Å². The van der Waals surface area contributed by atoms with Crippen LogP contribution in [0.3, 0.4) is 0 Å². The molecule has 0 heterocycles. The van der Waals surface area contributed by atoms with E-state index in [-0.39, 0.29) is 11.9 Å². The summed E-state index contributed by atoms with van der Waals surface area (Å²) >= 11 is 0. The van der Waals surface area contributed by atoms with Gasteiger partial charge in [0.1, 0.15) is 0 Å². The summed E-state index contributed by atoms with van der Waals surface area (Å²) in [5.41, 5.74) is 0. The van der Waals surface area contributed by atoms with Crippen LogP contribution in [0.1, 0.15) is 47.5 Å². The van der Waals surface area contributed by atoms with E-state index in [0.717, 1.165) is 12.8 Å². The number of ether oxygens (including phenoxy) is 2. The Morgan fingerprint density at radius 3 is 2.12 bits per heavy atom. The zero-order valence-corrected chi connectivity index (χ0v) is 11.5. The lowest BCUT2D eigenvalue weighted by molar-refractivity contribution is -0.141. The highest BCUT2D eigenvalue weighted by atomic mass is 16.5. The summed E-state index contributed by atoms with van der Waals surface area (Å²) in [7, 11) is 0. The van der Waals surface area contributed by atoms with Crippen molar-refractivity contribution in [1.29, 1.82) is 0 Å². The van der Waals surface area contributed by atoms with Crippen LogP contribution in [0.5, 0.6) is 0 Å². The average Bonchev–Trinajstić information content (AvgIpc) is 2.17. The van der Waals surface area contributed by atoms with E-state index in [9.17, 15) is 9.59 Å². The molecule has 4 heteroatoms. The van der Waals surface area contributed by atoms with Gasteiger partial charge < -0.3 is 9.47 Å². The van der Waals surface area contributed by atoms with E-state index in [2.05, 4.69) is 18.6 Å². The predicted molar refractivity (Wildman–Crippen MR) is 67.3 cm³/mol. The lowest BCUT2D eigenvalue weighted by atomic mass is 10.1. The molecule has 0 aromatic heterocycles. The second-order valence-corrected chi connectivity index (χ2v) is 3.91. The van der Waals surface area contributed by atoms with Crippen LogP contribution >= 0.6 is 0 Å². The van der Waals surface area contributed by atoms with Crippen molar-refractivity contribution in [2.45, 2.75) is 47.5 Å². The third kappa shape index (κ3) is 25.2. The fraction of sp³-hybridized carbons (Fsp3) is 0.692. The maximum absolute atomic E-state index is 10.2. The molecule has 0 aromatic rings. The van der Waals surface area contributed by atoms with Crippen LogP contribution in [0.4, 0.5) is 0 Å². The van der Waals surface area contributed by atoms with E-state index in [1.807, 2.05) is 6.92 Å². The lowest BCUT2D eigenvalue weighted by Crippen LogP contribution is -2.02. The summed E-state index contributed by atoms with van der Waals surface area (Å²) < 4.78 is 9.18. The molecule has 17 heavy (non-hydrogen) atoms. The van der Waals surface area contributed by atoms with Gasteiger partial charge >= 0.3 is 11.9 Å². The second-order valence-electron chi connectivity index (χ2n) is 3.91. The Kier molecular flexibility index (Phi) is 13.5. The number of carbonyl (C=O) groups is 2. The standard InChI is InChI=1S/C7H14O2.C6H10O2/c1-6(2)4-5-9-7(3)8;1-3-4-5-8-6(2)7/h6H,4-5H2,1-3H3;4-5H,3H2,1-2H3. The Morgan fingerprint density at radius 1 is 1.18 bits per heavy atom. The summed E-state index contributed by atoms with van der Waals surface area (Å²) in [6.45, 7) is 9.54. The van der Waals surface area contributed by atoms with Gasteiger partial charge in [0.2, 0.25) is 0 Å². The minimum atomic E-state index is -0.269. The second kappa shape index (κ2) is 12.7. The number of hydrogen-bond acceptors (Lipinski definition) is 4. The van der Waals surface area contributed by atoms with Gasteiger partial charge in [-0.3, -0.25) is 9.59 Å². The van der Waals surface area contributed by atoms with Crippen LogP contribution < -0.4 is 0 Å². The third-order valence-corrected chi connectivity index (χ3v) is 1.57. The van der Waals surface area contributed by atoms with Gasteiger partial charge in [0, 0.05) is 13.8 Å². The van der Waals surface area contributed by atoms with Crippen molar-refractivity contribution in [3.63, 3.8) is 0 Å². The highest BCUT2D eigenvalue weighted by molar-refractivity contribution is 5.66. The van der Waals surface area contributed by atoms with E-state index in [1.54, 1.807) is 6.08 Å². The molecule has 0 rings (SSSR count). The number of hydrogen-bond donors (Lipinski definition) is 0. The van der Waals surface area contributed by atoms with Crippen molar-refractivity contribution in [3.8, 4) is 0 Å². The van der Waals surface area contributed by atoms with Crippen LogP contribution in [0.2, 0.25) is 0 Å². The van der Waals surface area contributed by atoms with Crippen LogP contribution in [-0.2, 0) is 19.1 Å². The van der Waals surface area contributed by atoms with Gasteiger partial charge in [0.15, 0.2) is 0 Å². The Hall–Kier alpha value is -1.32. The van der Waals surface area contributed by atoms with Crippen molar-refractivity contribution in [2.75, 3.05) is 6.61 Å². The SMILES string of the molecule is CC(=O)OCCC(C)C.CCC=COC(C)=O. The molecule has 100 valence electrons. The van der Waals surface area contributed by atoms with Gasteiger partial charge in [-0.2, -0.15) is 0 Å². The molecule has 0 saturated carbocycles. The summed E-state index contributed by atoms with van der Waals surface area (Å²) in [6.07, 6.45) is 5.04. The molecule has 0 aliphatic carbocycles. The number of rotatable bonds is 5. The summed E-state index contributed by atoms with van der Waals surface area (Å²) in [6, 6.07) is 0. The molecule has 0 aromatic carbocycles. The largest absolute Gasteiger partial charge is 0.466 e. The topological polar surface area (TPSA) is 52.6 Å². The summed E-state index contributed by atoms with van der Waals surface area (Å²) in [5, 5.41) is 0. The normalized spacial score (nSPS) is 9.76. The molecule has 0 spiro atoms. The molecular formula is C13H24O4. The number of esters is 2. The molecule has 0 atom stereocenters. The highest BCUT2D eigenvalue weighted by Crippen LogP contribution is 1.98. The average molecular weight is 244 g/mol. The maximum Gasteiger partial charge on any atom is 0.307 e. The first-order valence-corrected chi connectivity index (χ1v) is 5.85. The van der Waals surface area contributed by atoms with Crippen LogP contribution in [0.25, 0.3) is 0 Å². The van der Waals surface area contributed by atoms with Gasteiger partial charge in [-0.1, -0.05) is 20.8 Å². The molecule has 0 radical (unpaired) electrons. The molecule has 0 N–H and O–H groups in total. The molecule has 0 unspecified atom stereocenters. The molecule has 0 aliphatic heterocycles. The highest BCUT2D eigenvalue weighted by Gasteiger charge is 1.94. The number of allylic oxidation sites excluding steroid dienone is 1. The van der Waals surface area contributed by atoms with Crippen molar-refractivity contribution in [3.05, 3.63) is 12.3 Å². The van der Waals surface area contributed by atoms with Crippen LogP contribution in [0.15, 0.2) is 12.3 Å². The van der Waals surface area contributed by atoms with Gasteiger partial charge in [-0.25, -0.2) is 0 Å². The third-order valence-electron chi connectivity index (χ3n) is 1.57. The first-order chi connectivity index (χ1) is 7.90. The van der Waals surface area contributed by atoms with Crippen molar-refractivity contribution in [2.24, 2.45) is 5.92 Å². The predicted octanol–water partition coefficient (Wildman–Crippen LogP) is 3.07.